The predicted octanol–water partition coefficient (Wildman–Crippen LogP) is 3.40. The minimum absolute atomic E-state index is 0.114. The standard InChI is InChI=1S/C21H21Cl2FN2O4/c22-12-1-4-16(14(23)9-12)26-8-7-21(29,18(27)10-26)11-30-17-5-3-15(24)20-13(17)2-6-19(28)25-20/h1,3-5,9,18,27,29H,2,6-8,10-11H2,(H,25,28)/t18-,21-/m0/s1. The topological polar surface area (TPSA) is 82.0 Å². The van der Waals surface area contributed by atoms with Gasteiger partial charge in [0.05, 0.1) is 16.4 Å². The van der Waals surface area contributed by atoms with Gasteiger partial charge in [-0.25, -0.2) is 4.39 Å². The summed E-state index contributed by atoms with van der Waals surface area (Å²) >= 11 is 12.2. The van der Waals surface area contributed by atoms with Crippen LogP contribution in [0.15, 0.2) is 30.3 Å². The van der Waals surface area contributed by atoms with Crippen molar-refractivity contribution >= 4 is 40.5 Å². The molecule has 0 aromatic heterocycles. The highest BCUT2D eigenvalue weighted by atomic mass is 35.5. The van der Waals surface area contributed by atoms with Gasteiger partial charge in [0.2, 0.25) is 5.91 Å². The number of halogens is 3. The number of aliphatic hydroxyl groups is 2. The molecule has 3 N–H and O–H groups in total. The highest BCUT2D eigenvalue weighted by molar-refractivity contribution is 6.36. The zero-order valence-corrected chi connectivity index (χ0v) is 17.5. The van der Waals surface area contributed by atoms with Crippen LogP contribution in [0.25, 0.3) is 0 Å². The van der Waals surface area contributed by atoms with Crippen LogP contribution in [0.2, 0.25) is 10.0 Å². The Hall–Kier alpha value is -2.06. The van der Waals surface area contributed by atoms with Crippen molar-refractivity contribution in [2.45, 2.75) is 31.0 Å². The Morgan fingerprint density at radius 1 is 1.27 bits per heavy atom. The van der Waals surface area contributed by atoms with E-state index in [9.17, 15) is 19.4 Å². The monoisotopic (exact) mass is 454 g/mol. The van der Waals surface area contributed by atoms with Gasteiger partial charge in [-0.2, -0.15) is 0 Å². The van der Waals surface area contributed by atoms with Crippen molar-refractivity contribution in [3.8, 4) is 5.75 Å². The van der Waals surface area contributed by atoms with Crippen molar-refractivity contribution in [1.82, 2.24) is 0 Å². The van der Waals surface area contributed by atoms with Crippen molar-refractivity contribution in [2.75, 3.05) is 29.9 Å². The average molecular weight is 455 g/mol. The molecule has 0 spiro atoms. The van der Waals surface area contributed by atoms with E-state index < -0.39 is 17.5 Å². The van der Waals surface area contributed by atoms with Crippen LogP contribution in [0.1, 0.15) is 18.4 Å². The summed E-state index contributed by atoms with van der Waals surface area (Å²) in [7, 11) is 0. The molecule has 0 radical (unpaired) electrons. The van der Waals surface area contributed by atoms with Crippen molar-refractivity contribution in [3.63, 3.8) is 0 Å². The SMILES string of the molecule is O=C1CCc2c(OC[C@@]3(O)CCN(c4ccc(Cl)cc4Cl)C[C@@H]3O)ccc(F)c2N1. The van der Waals surface area contributed by atoms with Crippen LogP contribution in [0.3, 0.4) is 0 Å². The second kappa shape index (κ2) is 8.23. The quantitative estimate of drug-likeness (QED) is 0.659. The Bertz CT molecular complexity index is 990. The van der Waals surface area contributed by atoms with Crippen LogP contribution >= 0.6 is 23.2 Å². The normalized spacial score (nSPS) is 23.7. The van der Waals surface area contributed by atoms with Crippen LogP contribution < -0.4 is 15.0 Å². The van der Waals surface area contributed by atoms with Crippen LogP contribution in [0.5, 0.6) is 5.75 Å². The first-order chi connectivity index (χ1) is 14.3. The van der Waals surface area contributed by atoms with Crippen LogP contribution in [0, 0.1) is 5.82 Å². The highest BCUT2D eigenvalue weighted by Gasteiger charge is 2.42. The number of amides is 1. The number of hydrogen-bond donors (Lipinski definition) is 3. The fourth-order valence-corrected chi connectivity index (χ4v) is 4.38. The number of piperidine rings is 1. The fraction of sp³-hybridized carbons (Fsp3) is 0.381. The lowest BCUT2D eigenvalue weighted by Gasteiger charge is -2.43. The molecule has 160 valence electrons. The van der Waals surface area contributed by atoms with Gasteiger partial charge in [-0.15, -0.1) is 0 Å². The lowest BCUT2D eigenvalue weighted by molar-refractivity contribution is -0.116. The maximum absolute atomic E-state index is 14.0. The molecular formula is C21H21Cl2FN2O4. The second-order valence-corrected chi connectivity index (χ2v) is 8.49. The van der Waals surface area contributed by atoms with Gasteiger partial charge >= 0.3 is 0 Å². The van der Waals surface area contributed by atoms with E-state index in [1.807, 2.05) is 4.90 Å². The third kappa shape index (κ3) is 4.07. The van der Waals surface area contributed by atoms with Gasteiger partial charge in [0.15, 0.2) is 0 Å². The smallest absolute Gasteiger partial charge is 0.224 e. The summed E-state index contributed by atoms with van der Waals surface area (Å²) in [5, 5.41) is 25.1. The molecule has 30 heavy (non-hydrogen) atoms. The highest BCUT2D eigenvalue weighted by Crippen LogP contribution is 2.36. The molecular weight excluding hydrogens is 434 g/mol. The lowest BCUT2D eigenvalue weighted by atomic mass is 9.89. The molecule has 4 rings (SSSR count). The second-order valence-electron chi connectivity index (χ2n) is 7.65. The Kier molecular flexibility index (Phi) is 5.81. The minimum atomic E-state index is -1.48. The van der Waals surface area contributed by atoms with Gasteiger partial charge in [-0.1, -0.05) is 23.2 Å². The van der Waals surface area contributed by atoms with Gasteiger partial charge in [0, 0.05) is 30.1 Å². The summed E-state index contributed by atoms with van der Waals surface area (Å²) in [4.78, 5) is 13.4. The lowest BCUT2D eigenvalue weighted by Crippen LogP contribution is -2.58. The van der Waals surface area contributed by atoms with Crippen LogP contribution in [-0.2, 0) is 11.2 Å². The molecule has 0 aliphatic carbocycles. The minimum Gasteiger partial charge on any atom is -0.490 e. The first kappa shape index (κ1) is 21.2. The number of β-amino-alcohol motifs (C(OH)–C–C–N with tert-alkyl or cyclic N) is 1. The summed E-state index contributed by atoms with van der Waals surface area (Å²) in [5.74, 6) is -0.395. The predicted molar refractivity (Wildman–Crippen MR) is 113 cm³/mol. The van der Waals surface area contributed by atoms with Crippen molar-refractivity contribution in [1.29, 1.82) is 0 Å². The first-order valence-electron chi connectivity index (χ1n) is 9.61. The zero-order valence-electron chi connectivity index (χ0n) is 16.0. The third-order valence-electron chi connectivity index (χ3n) is 5.64. The molecule has 2 aliphatic rings. The molecule has 2 aromatic carbocycles. The number of carbonyl (C=O) groups is 1. The molecule has 9 heteroatoms. The average Bonchev–Trinajstić information content (AvgIpc) is 2.70. The molecule has 0 unspecified atom stereocenters. The maximum atomic E-state index is 14.0. The van der Waals surface area contributed by atoms with Gasteiger partial charge in [-0.3, -0.25) is 4.79 Å². The Labute approximate surface area is 183 Å². The number of ether oxygens (including phenoxy) is 1. The molecule has 1 saturated heterocycles. The third-order valence-corrected chi connectivity index (χ3v) is 6.18. The molecule has 1 amide bonds. The van der Waals surface area contributed by atoms with Crippen molar-refractivity contribution in [3.05, 3.63) is 51.8 Å². The number of nitrogens with zero attached hydrogens (tertiary/aromatic N) is 1. The maximum Gasteiger partial charge on any atom is 0.224 e. The molecule has 6 nitrogen and oxygen atoms in total. The van der Waals surface area contributed by atoms with Crippen LogP contribution in [0.4, 0.5) is 15.8 Å². The van der Waals surface area contributed by atoms with E-state index >= 15 is 0 Å². The molecule has 2 aromatic rings. The molecule has 2 aliphatic heterocycles. The number of benzene rings is 2. The Morgan fingerprint density at radius 3 is 2.80 bits per heavy atom. The van der Waals surface area contributed by atoms with Crippen molar-refractivity contribution in [2.24, 2.45) is 0 Å². The Morgan fingerprint density at radius 2 is 2.07 bits per heavy atom. The molecule has 2 heterocycles. The summed E-state index contributed by atoms with van der Waals surface area (Å²) in [6.07, 6.45) is -0.268. The van der Waals surface area contributed by atoms with Gasteiger partial charge in [0.25, 0.3) is 0 Å². The number of carbonyl (C=O) groups excluding carboxylic acids is 1. The first-order valence-corrected chi connectivity index (χ1v) is 10.4. The van der Waals surface area contributed by atoms with Gasteiger partial charge in [-0.05, 0) is 43.2 Å². The van der Waals surface area contributed by atoms with E-state index in [1.165, 1.54) is 12.1 Å². The summed E-state index contributed by atoms with van der Waals surface area (Å²) < 4.78 is 19.8. The summed E-state index contributed by atoms with van der Waals surface area (Å²) in [5.41, 5.74) is -0.0813. The van der Waals surface area contributed by atoms with E-state index in [4.69, 9.17) is 27.9 Å². The van der Waals surface area contributed by atoms with E-state index in [0.29, 0.717) is 34.3 Å². The van der Waals surface area contributed by atoms with Crippen LogP contribution in [-0.4, -0.2) is 47.5 Å². The number of nitrogens with one attached hydrogen (secondary N) is 1. The molecule has 0 saturated carbocycles. The number of aliphatic hydroxyl groups excluding tert-OH is 1. The number of rotatable bonds is 4. The largest absolute Gasteiger partial charge is 0.490 e. The number of hydrogen-bond acceptors (Lipinski definition) is 5. The number of fused-ring (bicyclic) bond motifs is 1. The Balaban J connectivity index is 1.46. The molecule has 0 bridgehead atoms. The fourth-order valence-electron chi connectivity index (χ4n) is 3.85. The summed E-state index contributed by atoms with van der Waals surface area (Å²) in [6.45, 7) is 0.455. The number of anilines is 2. The van der Waals surface area contributed by atoms with Gasteiger partial charge < -0.3 is 25.2 Å². The van der Waals surface area contributed by atoms with E-state index in [0.717, 1.165) is 5.69 Å². The van der Waals surface area contributed by atoms with Gasteiger partial charge in [0.1, 0.15) is 29.9 Å². The molecule has 1 fully saturated rings. The van der Waals surface area contributed by atoms with E-state index in [-0.39, 0.29) is 37.6 Å². The van der Waals surface area contributed by atoms with E-state index in [2.05, 4.69) is 5.32 Å². The van der Waals surface area contributed by atoms with E-state index in [1.54, 1.807) is 18.2 Å². The van der Waals surface area contributed by atoms with Crippen molar-refractivity contribution < 1.29 is 24.1 Å². The zero-order chi connectivity index (χ0) is 21.5. The molecule has 2 atom stereocenters. The summed E-state index contributed by atoms with van der Waals surface area (Å²) in [6, 6.07) is 7.81.